The highest BCUT2D eigenvalue weighted by Gasteiger charge is 2.41. The summed E-state index contributed by atoms with van der Waals surface area (Å²) < 4.78 is 50.5. The van der Waals surface area contributed by atoms with E-state index in [2.05, 4.69) is 13.1 Å². The van der Waals surface area contributed by atoms with Crippen LogP contribution in [0.15, 0.2) is 15.8 Å². The Kier molecular flexibility index (Phi) is 8.87. The number of hydrogen-bond donors (Lipinski definition) is 6. The number of H-pyrrole nitrogens is 1. The van der Waals surface area contributed by atoms with Crippen LogP contribution in [0.25, 0.3) is 0 Å². The van der Waals surface area contributed by atoms with Crippen molar-refractivity contribution >= 4 is 23.5 Å². The summed E-state index contributed by atoms with van der Waals surface area (Å²) in [7, 11) is -16.7. The molecule has 0 saturated carbocycles. The van der Waals surface area contributed by atoms with Crippen LogP contribution in [0.2, 0.25) is 0 Å². The first-order valence-corrected chi connectivity index (χ1v) is 12.0. The first kappa shape index (κ1) is 26.0. The molecule has 168 valence electrons. The molecule has 2 unspecified atom stereocenters. The number of ether oxygens (including phenoxy) is 1. The Morgan fingerprint density at radius 2 is 1.69 bits per heavy atom. The fourth-order valence-electron chi connectivity index (χ4n) is 1.84. The molecule has 16 nitrogen and oxygen atoms in total. The first-order chi connectivity index (χ1) is 13.1. The zero-order valence-electron chi connectivity index (χ0n) is 14.8. The highest BCUT2D eigenvalue weighted by atomic mass is 31.3. The quantitative estimate of drug-likeness (QED) is 0.170. The lowest BCUT2D eigenvalue weighted by Gasteiger charge is -2.23. The van der Waals surface area contributed by atoms with Crippen molar-refractivity contribution in [3.05, 3.63) is 32.6 Å². The summed E-state index contributed by atoms with van der Waals surface area (Å²) in [6.07, 6.45) is -1.86. The number of nitrogens with zero attached hydrogens (tertiary/aromatic N) is 1. The molecule has 1 heterocycles. The summed E-state index contributed by atoms with van der Waals surface area (Å²) in [6, 6.07) is 0. The maximum Gasteiger partial charge on any atom is 0.490 e. The first-order valence-electron chi connectivity index (χ1n) is 7.49. The molecule has 0 aromatic carbocycles. The van der Waals surface area contributed by atoms with Crippen LogP contribution in [0.5, 0.6) is 0 Å². The van der Waals surface area contributed by atoms with Gasteiger partial charge in [-0.15, -0.1) is 0 Å². The molecule has 0 amide bonds. The Balaban J connectivity index is 2.77. The number of hydrogen-bond acceptors (Lipinski definition) is 10. The van der Waals surface area contributed by atoms with E-state index in [0.717, 1.165) is 10.8 Å². The average molecular weight is 484 g/mol. The van der Waals surface area contributed by atoms with E-state index in [4.69, 9.17) is 19.4 Å². The van der Waals surface area contributed by atoms with E-state index < -0.39 is 53.8 Å². The third-order valence-corrected chi connectivity index (χ3v) is 6.72. The normalized spacial score (nSPS) is 18.6. The summed E-state index contributed by atoms with van der Waals surface area (Å²) in [5.74, 6) is 0. The highest BCUT2D eigenvalue weighted by molar-refractivity contribution is 7.66. The third-order valence-electron chi connectivity index (χ3n) is 2.92. The summed E-state index contributed by atoms with van der Waals surface area (Å²) in [5.41, 5.74) is -1.32. The third kappa shape index (κ3) is 9.13. The Labute approximate surface area is 162 Å². The molecule has 0 fully saturated rings. The van der Waals surface area contributed by atoms with Gasteiger partial charge < -0.3 is 29.4 Å². The Morgan fingerprint density at radius 3 is 2.21 bits per heavy atom. The molecule has 0 aliphatic heterocycles. The zero-order chi connectivity index (χ0) is 22.6. The standard InChI is InChI=1S/C10H19N2O14P3/c1-3-7(12-4-6(2)9(14)11-10(12)15)24-8(13)5-23-28(19,20)26-29(21,22)25-27(16,17)18/h4,7-8,13H,3,5H2,1-2H3,(H,19,20)(H,21,22)(H,11,14,15)(H2,16,17,18)/t7-,8-/m0/s1. The Bertz CT molecular complexity index is 965. The van der Waals surface area contributed by atoms with E-state index in [9.17, 15) is 33.3 Å². The minimum absolute atomic E-state index is 0.0949. The number of phosphoric acid groups is 3. The van der Waals surface area contributed by atoms with Gasteiger partial charge in [0, 0.05) is 11.8 Å². The molecule has 0 spiro atoms. The van der Waals surface area contributed by atoms with Crippen LogP contribution in [-0.4, -0.2) is 47.1 Å². The SMILES string of the molecule is CC[C@H](O[C@H](O)COP(=O)(O)OP(=O)(O)OP(=O)(O)O)n1cc(C)c(=O)[nH]c1=O. The van der Waals surface area contributed by atoms with Gasteiger partial charge in [0.25, 0.3) is 5.56 Å². The van der Waals surface area contributed by atoms with Crippen LogP contribution >= 0.6 is 23.5 Å². The van der Waals surface area contributed by atoms with Crippen molar-refractivity contribution in [3.8, 4) is 0 Å². The van der Waals surface area contributed by atoms with Crippen LogP contribution in [0.3, 0.4) is 0 Å². The van der Waals surface area contributed by atoms with Gasteiger partial charge in [0.1, 0.15) is 12.8 Å². The van der Waals surface area contributed by atoms with Gasteiger partial charge in [-0.05, 0) is 13.3 Å². The summed E-state index contributed by atoms with van der Waals surface area (Å²) in [6.45, 7) is 1.83. The largest absolute Gasteiger partial charge is 0.490 e. The second kappa shape index (κ2) is 9.88. The predicted molar refractivity (Wildman–Crippen MR) is 92.3 cm³/mol. The van der Waals surface area contributed by atoms with Crippen molar-refractivity contribution in [2.45, 2.75) is 32.8 Å². The van der Waals surface area contributed by atoms with Gasteiger partial charge in [-0.25, -0.2) is 18.5 Å². The molecular weight excluding hydrogens is 465 g/mol. The number of aryl methyl sites for hydroxylation is 1. The van der Waals surface area contributed by atoms with Crippen LogP contribution in [0, 0.1) is 6.92 Å². The fraction of sp³-hybridized carbons (Fsp3) is 0.600. The molecule has 0 radical (unpaired) electrons. The van der Waals surface area contributed by atoms with Crippen molar-refractivity contribution in [1.29, 1.82) is 0 Å². The maximum absolute atomic E-state index is 11.8. The van der Waals surface area contributed by atoms with Gasteiger partial charge in [-0.1, -0.05) is 6.92 Å². The monoisotopic (exact) mass is 484 g/mol. The minimum atomic E-state index is -5.70. The van der Waals surface area contributed by atoms with Crippen LogP contribution in [-0.2, 0) is 31.6 Å². The summed E-state index contributed by atoms with van der Waals surface area (Å²) in [5, 5.41) is 9.77. The smallest absolute Gasteiger partial charge is 0.366 e. The number of aliphatic hydroxyl groups is 1. The van der Waals surface area contributed by atoms with Gasteiger partial charge in [0.2, 0.25) is 0 Å². The van der Waals surface area contributed by atoms with Crippen LogP contribution < -0.4 is 11.2 Å². The van der Waals surface area contributed by atoms with E-state index in [0.29, 0.717) is 0 Å². The molecule has 1 rings (SSSR count). The topological polar surface area (TPSA) is 244 Å². The lowest BCUT2D eigenvalue weighted by atomic mass is 10.3. The lowest BCUT2D eigenvalue weighted by Crippen LogP contribution is -2.36. The van der Waals surface area contributed by atoms with Crippen LogP contribution in [0.1, 0.15) is 25.1 Å². The molecule has 0 aliphatic rings. The van der Waals surface area contributed by atoms with Gasteiger partial charge >= 0.3 is 29.2 Å². The fourth-order valence-corrected chi connectivity index (χ4v) is 4.85. The second-order valence-corrected chi connectivity index (χ2v) is 9.74. The van der Waals surface area contributed by atoms with E-state index in [1.165, 1.54) is 6.92 Å². The number of aromatic amines is 1. The number of aliphatic hydroxyl groups excluding tert-OH is 1. The number of rotatable bonds is 11. The van der Waals surface area contributed by atoms with Crippen molar-refractivity contribution in [2.75, 3.05) is 6.61 Å². The summed E-state index contributed by atoms with van der Waals surface area (Å²) >= 11 is 0. The van der Waals surface area contributed by atoms with Crippen molar-refractivity contribution in [2.24, 2.45) is 0 Å². The Morgan fingerprint density at radius 1 is 1.10 bits per heavy atom. The van der Waals surface area contributed by atoms with E-state index in [1.54, 1.807) is 6.92 Å². The molecule has 0 saturated heterocycles. The number of nitrogens with one attached hydrogen (secondary N) is 1. The molecule has 0 bridgehead atoms. The average Bonchev–Trinajstić information content (AvgIpc) is 2.51. The number of phosphoric ester groups is 1. The second-order valence-electron chi connectivity index (χ2n) is 5.32. The minimum Gasteiger partial charge on any atom is -0.366 e. The van der Waals surface area contributed by atoms with Gasteiger partial charge in [-0.3, -0.25) is 18.9 Å². The van der Waals surface area contributed by atoms with Crippen molar-refractivity contribution < 1.29 is 56.3 Å². The maximum atomic E-state index is 11.8. The molecule has 29 heavy (non-hydrogen) atoms. The van der Waals surface area contributed by atoms with E-state index >= 15 is 0 Å². The van der Waals surface area contributed by atoms with Gasteiger partial charge in [-0.2, -0.15) is 8.62 Å². The molecule has 1 aromatic rings. The van der Waals surface area contributed by atoms with E-state index in [-0.39, 0.29) is 12.0 Å². The Hall–Kier alpha value is -0.990. The molecule has 4 atom stereocenters. The van der Waals surface area contributed by atoms with Gasteiger partial charge in [0.05, 0.1) is 0 Å². The molecule has 6 N–H and O–H groups in total. The van der Waals surface area contributed by atoms with Gasteiger partial charge in [0.15, 0.2) is 6.29 Å². The van der Waals surface area contributed by atoms with Crippen LogP contribution in [0.4, 0.5) is 0 Å². The molecule has 19 heteroatoms. The predicted octanol–water partition coefficient (Wildman–Crippen LogP) is -0.568. The highest BCUT2D eigenvalue weighted by Crippen LogP contribution is 2.66. The zero-order valence-corrected chi connectivity index (χ0v) is 17.5. The molecule has 0 aliphatic carbocycles. The van der Waals surface area contributed by atoms with E-state index in [1.807, 2.05) is 4.98 Å². The van der Waals surface area contributed by atoms with Crippen molar-refractivity contribution in [1.82, 2.24) is 9.55 Å². The molecular formula is C10H19N2O14P3. The molecule has 1 aromatic heterocycles. The number of aromatic nitrogens is 2. The van der Waals surface area contributed by atoms with Crippen molar-refractivity contribution in [3.63, 3.8) is 0 Å². The lowest BCUT2D eigenvalue weighted by molar-refractivity contribution is -0.177. The summed E-state index contributed by atoms with van der Waals surface area (Å²) in [4.78, 5) is 60.4.